The van der Waals surface area contributed by atoms with E-state index in [1.807, 2.05) is 48.5 Å². The Kier molecular flexibility index (Phi) is 3.15. The van der Waals surface area contributed by atoms with Crippen molar-refractivity contribution < 1.29 is 4.42 Å². The molecule has 0 saturated heterocycles. The minimum atomic E-state index is -0.287. The van der Waals surface area contributed by atoms with Gasteiger partial charge < -0.3 is 4.42 Å². The third kappa shape index (κ3) is 2.25. The van der Waals surface area contributed by atoms with Crippen LogP contribution in [0.4, 0.5) is 0 Å². The van der Waals surface area contributed by atoms with Crippen LogP contribution in [0.25, 0.3) is 22.1 Å². The second-order valence-corrected chi connectivity index (χ2v) is 5.27. The number of rotatable bonds is 2. The van der Waals surface area contributed by atoms with Crippen LogP contribution in [-0.2, 0) is 0 Å². The van der Waals surface area contributed by atoms with E-state index in [4.69, 9.17) is 4.42 Å². The van der Waals surface area contributed by atoms with Crippen molar-refractivity contribution in [3.8, 4) is 11.1 Å². The van der Waals surface area contributed by atoms with E-state index in [1.165, 1.54) is 5.56 Å². The summed E-state index contributed by atoms with van der Waals surface area (Å²) in [5, 5.41) is 0.952. The monoisotopic (exact) mass is 264 g/mol. The van der Waals surface area contributed by atoms with Crippen molar-refractivity contribution in [2.24, 2.45) is 0 Å². The second kappa shape index (κ2) is 4.97. The summed E-state index contributed by atoms with van der Waals surface area (Å²) < 4.78 is 5.48. The summed E-state index contributed by atoms with van der Waals surface area (Å²) in [5.74, 6) is 0.415. The maximum absolute atomic E-state index is 12.1. The molecule has 0 aliphatic rings. The van der Waals surface area contributed by atoms with Gasteiger partial charge >= 0.3 is 5.63 Å². The molecular formula is C18H16O2. The number of hydrogen-bond donors (Lipinski definition) is 0. The van der Waals surface area contributed by atoms with Crippen LogP contribution in [-0.4, -0.2) is 0 Å². The van der Waals surface area contributed by atoms with Gasteiger partial charge in [0, 0.05) is 5.39 Å². The lowest BCUT2D eigenvalue weighted by Crippen LogP contribution is -2.02. The SMILES string of the molecule is CC(C)c1ccc2cc(-c3ccccc3)c(=O)oc2c1. The first-order valence-corrected chi connectivity index (χ1v) is 6.78. The highest BCUT2D eigenvalue weighted by atomic mass is 16.4. The molecule has 20 heavy (non-hydrogen) atoms. The van der Waals surface area contributed by atoms with Gasteiger partial charge in [0.2, 0.25) is 0 Å². The third-order valence-electron chi connectivity index (χ3n) is 3.51. The van der Waals surface area contributed by atoms with Crippen molar-refractivity contribution >= 4 is 11.0 Å². The smallest absolute Gasteiger partial charge is 0.344 e. The predicted octanol–water partition coefficient (Wildman–Crippen LogP) is 4.58. The van der Waals surface area contributed by atoms with Gasteiger partial charge in [0.25, 0.3) is 0 Å². The average Bonchev–Trinajstić information content (AvgIpc) is 2.46. The standard InChI is InChI=1S/C18H16O2/c1-12(2)14-8-9-15-10-16(13-6-4-3-5-7-13)18(19)20-17(15)11-14/h3-12H,1-2H3. The molecule has 0 aliphatic carbocycles. The maximum atomic E-state index is 12.1. The topological polar surface area (TPSA) is 30.2 Å². The molecule has 0 amide bonds. The molecule has 0 radical (unpaired) electrons. The largest absolute Gasteiger partial charge is 0.422 e. The van der Waals surface area contributed by atoms with Crippen LogP contribution >= 0.6 is 0 Å². The van der Waals surface area contributed by atoms with E-state index in [0.717, 1.165) is 10.9 Å². The van der Waals surface area contributed by atoms with Crippen molar-refractivity contribution in [1.29, 1.82) is 0 Å². The molecule has 0 saturated carbocycles. The average molecular weight is 264 g/mol. The maximum Gasteiger partial charge on any atom is 0.344 e. The fourth-order valence-electron chi connectivity index (χ4n) is 2.31. The zero-order chi connectivity index (χ0) is 14.1. The lowest BCUT2D eigenvalue weighted by molar-refractivity contribution is 0.562. The molecule has 2 aromatic carbocycles. The van der Waals surface area contributed by atoms with Gasteiger partial charge in [-0.05, 0) is 29.2 Å². The first kappa shape index (κ1) is 12.7. The Bertz CT molecular complexity index is 799. The van der Waals surface area contributed by atoms with Crippen molar-refractivity contribution in [1.82, 2.24) is 0 Å². The van der Waals surface area contributed by atoms with Crippen LogP contribution in [0.3, 0.4) is 0 Å². The van der Waals surface area contributed by atoms with Gasteiger partial charge in [0.15, 0.2) is 0 Å². The third-order valence-corrected chi connectivity index (χ3v) is 3.51. The first-order valence-electron chi connectivity index (χ1n) is 6.78. The number of hydrogen-bond acceptors (Lipinski definition) is 2. The Morgan fingerprint density at radius 3 is 2.40 bits per heavy atom. The molecule has 0 bridgehead atoms. The van der Waals surface area contributed by atoms with E-state index >= 15 is 0 Å². The molecule has 0 atom stereocenters. The Morgan fingerprint density at radius 1 is 0.950 bits per heavy atom. The van der Waals surface area contributed by atoms with Crippen LogP contribution < -0.4 is 5.63 Å². The summed E-state index contributed by atoms with van der Waals surface area (Å²) in [7, 11) is 0. The Labute approximate surface area is 117 Å². The van der Waals surface area contributed by atoms with Gasteiger partial charge in [-0.2, -0.15) is 0 Å². The molecule has 2 nitrogen and oxygen atoms in total. The van der Waals surface area contributed by atoms with E-state index in [0.29, 0.717) is 17.1 Å². The first-order chi connectivity index (χ1) is 9.65. The molecule has 2 heteroatoms. The summed E-state index contributed by atoms with van der Waals surface area (Å²) in [6.07, 6.45) is 0. The quantitative estimate of drug-likeness (QED) is 0.634. The van der Waals surface area contributed by atoms with Crippen molar-refractivity contribution in [2.75, 3.05) is 0 Å². The highest BCUT2D eigenvalue weighted by molar-refractivity contribution is 5.82. The molecule has 100 valence electrons. The van der Waals surface area contributed by atoms with Crippen molar-refractivity contribution in [2.45, 2.75) is 19.8 Å². The summed E-state index contributed by atoms with van der Waals surface area (Å²) in [4.78, 5) is 12.1. The highest BCUT2D eigenvalue weighted by Gasteiger charge is 2.08. The minimum absolute atomic E-state index is 0.287. The number of benzene rings is 2. The zero-order valence-corrected chi connectivity index (χ0v) is 11.6. The fourth-order valence-corrected chi connectivity index (χ4v) is 2.31. The van der Waals surface area contributed by atoms with Crippen LogP contribution in [0.2, 0.25) is 0 Å². The van der Waals surface area contributed by atoms with Gasteiger partial charge in [-0.25, -0.2) is 4.79 Å². The molecule has 0 spiro atoms. The van der Waals surface area contributed by atoms with Crippen LogP contribution in [0.1, 0.15) is 25.3 Å². The summed E-state index contributed by atoms with van der Waals surface area (Å²) in [5.41, 5.74) is 3.03. The second-order valence-electron chi connectivity index (χ2n) is 5.27. The molecule has 0 aliphatic heterocycles. The molecule has 1 aromatic heterocycles. The van der Waals surface area contributed by atoms with E-state index in [9.17, 15) is 4.79 Å². The molecule has 3 rings (SSSR count). The lowest BCUT2D eigenvalue weighted by Gasteiger charge is -2.07. The Morgan fingerprint density at radius 2 is 1.70 bits per heavy atom. The van der Waals surface area contributed by atoms with E-state index in [-0.39, 0.29) is 5.63 Å². The highest BCUT2D eigenvalue weighted by Crippen LogP contribution is 2.24. The molecule has 0 N–H and O–H groups in total. The fraction of sp³-hybridized carbons (Fsp3) is 0.167. The minimum Gasteiger partial charge on any atom is -0.422 e. The summed E-state index contributed by atoms with van der Waals surface area (Å²) in [6, 6.07) is 17.6. The molecule has 0 unspecified atom stereocenters. The van der Waals surface area contributed by atoms with E-state index < -0.39 is 0 Å². The van der Waals surface area contributed by atoms with Crippen LogP contribution in [0.15, 0.2) is 63.8 Å². The molecule has 3 aromatic rings. The normalized spacial score (nSPS) is 11.2. The summed E-state index contributed by atoms with van der Waals surface area (Å²) in [6.45, 7) is 4.25. The Hall–Kier alpha value is -2.35. The molecule has 1 heterocycles. The number of fused-ring (bicyclic) bond motifs is 1. The van der Waals surface area contributed by atoms with Gasteiger partial charge in [0.05, 0.1) is 5.56 Å². The van der Waals surface area contributed by atoms with E-state index in [1.54, 1.807) is 0 Å². The van der Waals surface area contributed by atoms with Crippen molar-refractivity contribution in [3.63, 3.8) is 0 Å². The van der Waals surface area contributed by atoms with E-state index in [2.05, 4.69) is 19.9 Å². The molecular weight excluding hydrogens is 248 g/mol. The Balaban J connectivity index is 2.21. The van der Waals surface area contributed by atoms with Gasteiger partial charge in [-0.1, -0.05) is 56.3 Å². The van der Waals surface area contributed by atoms with Gasteiger partial charge in [0.1, 0.15) is 5.58 Å². The van der Waals surface area contributed by atoms with Crippen LogP contribution in [0.5, 0.6) is 0 Å². The zero-order valence-electron chi connectivity index (χ0n) is 11.6. The van der Waals surface area contributed by atoms with Gasteiger partial charge in [-0.15, -0.1) is 0 Å². The van der Waals surface area contributed by atoms with Gasteiger partial charge in [-0.3, -0.25) is 0 Å². The molecule has 0 fully saturated rings. The summed E-state index contributed by atoms with van der Waals surface area (Å²) >= 11 is 0. The van der Waals surface area contributed by atoms with Crippen LogP contribution in [0, 0.1) is 0 Å². The van der Waals surface area contributed by atoms with Crippen molar-refractivity contribution in [3.05, 3.63) is 70.6 Å². The lowest BCUT2D eigenvalue weighted by atomic mass is 10.0. The predicted molar refractivity (Wildman–Crippen MR) is 82.0 cm³/mol.